The Hall–Kier alpha value is -5.06. The zero-order chi connectivity index (χ0) is 28.5. The van der Waals surface area contributed by atoms with Crippen LogP contribution in [0, 0.1) is 5.92 Å². The average molecular weight is 546 g/mol. The van der Waals surface area contributed by atoms with Crippen molar-refractivity contribution >= 4 is 34.5 Å². The lowest BCUT2D eigenvalue weighted by Gasteiger charge is -2.44. The van der Waals surface area contributed by atoms with E-state index in [4.69, 9.17) is 0 Å². The number of carbonyl (C=O) groups is 1. The van der Waals surface area contributed by atoms with Crippen LogP contribution in [0.1, 0.15) is 22.3 Å². The summed E-state index contributed by atoms with van der Waals surface area (Å²) < 4.78 is 0. The highest BCUT2D eigenvalue weighted by molar-refractivity contribution is 6.12. The van der Waals surface area contributed by atoms with Gasteiger partial charge in [-0.2, -0.15) is 0 Å². The van der Waals surface area contributed by atoms with Crippen LogP contribution in [0.2, 0.25) is 0 Å². The van der Waals surface area contributed by atoms with E-state index in [0.717, 1.165) is 51.3 Å². The van der Waals surface area contributed by atoms with Gasteiger partial charge in [-0.15, -0.1) is 0 Å². The molecular weight excluding hydrogens is 516 g/mol. The van der Waals surface area contributed by atoms with E-state index >= 15 is 0 Å². The zero-order valence-electron chi connectivity index (χ0n) is 23.1. The number of benzene rings is 4. The number of ketones is 1. The zero-order valence-corrected chi connectivity index (χ0v) is 23.1. The number of Topliss-reactive ketones (excluding diaryl/α,β-unsaturated/α-hetero) is 1. The molecule has 1 saturated carbocycles. The second-order valence-electron chi connectivity index (χ2n) is 10.8. The van der Waals surface area contributed by atoms with E-state index in [-0.39, 0.29) is 5.78 Å². The van der Waals surface area contributed by atoms with Crippen LogP contribution in [0.5, 0.6) is 0 Å². The molecule has 203 valence electrons. The van der Waals surface area contributed by atoms with Gasteiger partial charge in [-0.05, 0) is 58.0 Å². The third-order valence-electron chi connectivity index (χ3n) is 8.22. The first-order chi connectivity index (χ1) is 20.7. The molecular formula is C38H29N2O2. The first-order valence-corrected chi connectivity index (χ1v) is 14.3. The Morgan fingerprint density at radius 2 is 1.48 bits per heavy atom. The molecule has 0 saturated heterocycles. The highest BCUT2D eigenvalue weighted by atomic mass is 16.3. The van der Waals surface area contributed by atoms with Crippen molar-refractivity contribution in [2.24, 2.45) is 5.92 Å². The van der Waals surface area contributed by atoms with Crippen molar-refractivity contribution in [2.75, 3.05) is 4.90 Å². The van der Waals surface area contributed by atoms with Crippen molar-refractivity contribution in [1.29, 1.82) is 0 Å². The number of hydrogen-bond acceptors (Lipinski definition) is 4. The average Bonchev–Trinajstić information content (AvgIpc) is 3.05. The third kappa shape index (κ3) is 4.76. The normalized spacial score (nSPS) is 21.0. The fourth-order valence-electron chi connectivity index (χ4n) is 6.08. The van der Waals surface area contributed by atoms with Crippen molar-refractivity contribution < 1.29 is 9.90 Å². The molecule has 0 spiro atoms. The SMILES string of the molecule is O=C1C(=C(Cc2ccccc2)C2=CC=[N+]c3ccccc32)C([O-])C1C=C1C=CN(Cc2ccccc2)c2ccccc21. The summed E-state index contributed by atoms with van der Waals surface area (Å²) >= 11 is 0. The van der Waals surface area contributed by atoms with Gasteiger partial charge < -0.3 is 10.0 Å². The maximum Gasteiger partial charge on any atom is 0.284 e. The summed E-state index contributed by atoms with van der Waals surface area (Å²) in [6.45, 7) is 0.740. The van der Waals surface area contributed by atoms with E-state index in [2.05, 4.69) is 34.2 Å². The van der Waals surface area contributed by atoms with Crippen LogP contribution in [0.4, 0.5) is 11.4 Å². The molecule has 4 aromatic carbocycles. The van der Waals surface area contributed by atoms with E-state index in [9.17, 15) is 9.90 Å². The highest BCUT2D eigenvalue weighted by Gasteiger charge is 2.40. The fraction of sp³-hybridized carbons (Fsp3) is 0.105. The molecule has 4 aromatic rings. The van der Waals surface area contributed by atoms with Gasteiger partial charge in [-0.25, -0.2) is 0 Å². The Labute approximate surface area is 246 Å². The molecule has 0 bridgehead atoms. The van der Waals surface area contributed by atoms with E-state index < -0.39 is 12.0 Å². The maximum atomic E-state index is 13.9. The van der Waals surface area contributed by atoms with Crippen molar-refractivity contribution in [3.05, 3.63) is 167 Å². The molecule has 4 heteroatoms. The Morgan fingerprint density at radius 3 is 2.24 bits per heavy atom. The third-order valence-corrected chi connectivity index (χ3v) is 8.22. The molecule has 2 unspecified atom stereocenters. The van der Waals surface area contributed by atoms with E-state index in [1.165, 1.54) is 5.56 Å². The van der Waals surface area contributed by atoms with Gasteiger partial charge in [-0.3, -0.25) is 4.79 Å². The van der Waals surface area contributed by atoms with Crippen molar-refractivity contribution in [1.82, 2.24) is 4.99 Å². The number of hydrogen-bond donors (Lipinski definition) is 0. The van der Waals surface area contributed by atoms with Gasteiger partial charge in [0.25, 0.3) is 5.69 Å². The van der Waals surface area contributed by atoms with Gasteiger partial charge in [0, 0.05) is 42.1 Å². The molecule has 0 aromatic heterocycles. The van der Waals surface area contributed by atoms with Crippen LogP contribution < -0.4 is 15.0 Å². The minimum atomic E-state index is -1.14. The van der Waals surface area contributed by atoms with Crippen LogP contribution in [0.25, 0.3) is 11.1 Å². The van der Waals surface area contributed by atoms with Crippen molar-refractivity contribution in [2.45, 2.75) is 19.1 Å². The predicted molar refractivity (Wildman–Crippen MR) is 168 cm³/mol. The van der Waals surface area contributed by atoms with E-state index in [0.29, 0.717) is 12.0 Å². The summed E-state index contributed by atoms with van der Waals surface area (Å²) in [5, 5.41) is 13.9. The van der Waals surface area contributed by atoms with Crippen LogP contribution in [-0.4, -0.2) is 18.1 Å². The number of anilines is 1. The van der Waals surface area contributed by atoms with E-state index in [1.54, 1.807) is 6.21 Å². The predicted octanol–water partition coefficient (Wildman–Crippen LogP) is 6.21. The van der Waals surface area contributed by atoms with Gasteiger partial charge in [-0.1, -0.05) is 103 Å². The molecule has 7 rings (SSSR count). The fourth-order valence-corrected chi connectivity index (χ4v) is 6.08. The minimum absolute atomic E-state index is 0.0908. The Kier molecular flexibility index (Phi) is 6.82. The Morgan fingerprint density at radius 1 is 0.810 bits per heavy atom. The van der Waals surface area contributed by atoms with Crippen molar-refractivity contribution in [3.63, 3.8) is 0 Å². The Bertz CT molecular complexity index is 1810. The van der Waals surface area contributed by atoms with Crippen LogP contribution in [-0.2, 0) is 17.8 Å². The highest BCUT2D eigenvalue weighted by Crippen LogP contribution is 2.42. The monoisotopic (exact) mass is 545 g/mol. The lowest BCUT2D eigenvalue weighted by molar-refractivity contribution is -0.419. The smallest absolute Gasteiger partial charge is 0.284 e. The van der Waals surface area contributed by atoms with Gasteiger partial charge in [0.1, 0.15) is 0 Å². The van der Waals surface area contributed by atoms with Gasteiger partial charge >= 0.3 is 0 Å². The molecule has 1 fully saturated rings. The molecule has 3 aliphatic rings. The standard InChI is InChI=1S/C38H29N2O2/c41-37-33(24-28-20-22-40(25-27-13-5-2-6-14-27)35-18-10-8-15-29(28)35)38(42)36(37)32(23-26-11-3-1-4-12-26)30-19-21-39-34-17-9-7-16-31(30)34/h1-22,24,33,37H,23,25H2. The Balaban J connectivity index is 1.24. The second-order valence-corrected chi connectivity index (χ2v) is 10.8. The number of allylic oxidation sites excluding steroid dienone is 5. The van der Waals surface area contributed by atoms with E-state index in [1.807, 2.05) is 109 Å². The second kappa shape index (κ2) is 11.1. The number of aliphatic imine (C=N–C) groups is 1. The summed E-state index contributed by atoms with van der Waals surface area (Å²) in [7, 11) is 0. The van der Waals surface area contributed by atoms with Gasteiger partial charge in [0.2, 0.25) is 6.21 Å². The minimum Gasteiger partial charge on any atom is -0.848 e. The summed E-state index contributed by atoms with van der Waals surface area (Å²) in [4.78, 5) is 20.6. The van der Waals surface area contributed by atoms with Gasteiger partial charge in [0.15, 0.2) is 5.78 Å². The molecule has 2 aliphatic heterocycles. The van der Waals surface area contributed by atoms with Crippen molar-refractivity contribution in [3.8, 4) is 0 Å². The largest absolute Gasteiger partial charge is 0.848 e. The lowest BCUT2D eigenvalue weighted by atomic mass is 9.69. The number of nitrogens with zero attached hydrogens (tertiary/aromatic N) is 2. The number of carbonyl (C=O) groups excluding carboxylic acids is 1. The summed E-state index contributed by atoms with van der Waals surface area (Å²) in [5.74, 6) is -0.806. The quantitative estimate of drug-likeness (QED) is 0.271. The lowest BCUT2D eigenvalue weighted by Crippen LogP contribution is -2.53. The summed E-state index contributed by atoms with van der Waals surface area (Å²) in [6, 6.07) is 36.4. The molecule has 0 N–H and O–H groups in total. The summed E-state index contributed by atoms with van der Waals surface area (Å²) in [6.07, 6.45) is 9.01. The topological polar surface area (TPSA) is 57.5 Å². The van der Waals surface area contributed by atoms with Crippen LogP contribution >= 0.6 is 0 Å². The van der Waals surface area contributed by atoms with Gasteiger partial charge in [0.05, 0.1) is 10.6 Å². The van der Waals surface area contributed by atoms with Crippen LogP contribution in [0.15, 0.2) is 145 Å². The number of rotatable bonds is 6. The first-order valence-electron chi connectivity index (χ1n) is 14.3. The molecule has 0 amide bonds. The number of fused-ring (bicyclic) bond motifs is 2. The maximum absolute atomic E-state index is 13.9. The molecule has 42 heavy (non-hydrogen) atoms. The number of para-hydroxylation sites is 2. The summed E-state index contributed by atoms with van der Waals surface area (Å²) in [5.41, 5.74) is 9.15. The molecule has 4 nitrogen and oxygen atoms in total. The van der Waals surface area contributed by atoms with Crippen LogP contribution in [0.3, 0.4) is 0 Å². The molecule has 2 atom stereocenters. The molecule has 1 radical (unpaired) electrons. The first kappa shape index (κ1) is 25.9. The molecule has 1 aliphatic carbocycles. The molecule has 2 heterocycles.